The molecule has 0 rings (SSSR count). The molecule has 0 aromatic heterocycles. The fourth-order valence-corrected chi connectivity index (χ4v) is 7.10. The molecular weight excluding hydrogens is 809 g/mol. The van der Waals surface area contributed by atoms with Crippen LogP contribution in [0.2, 0.25) is 0 Å². The topological polar surface area (TPSA) is 161 Å². The maximum atomic E-state index is 12.2. The number of carbonyl (C=O) groups excluding carboxylic acids is 4. The van der Waals surface area contributed by atoms with Crippen LogP contribution < -0.4 is 0 Å². The average molecular weight is 909 g/mol. The number of hydrogen-bond donors (Lipinski definition) is 2. The number of carbonyl (C=O) groups is 6. The van der Waals surface area contributed by atoms with Crippen molar-refractivity contribution < 1.29 is 48.5 Å². The number of carboxylic acids is 2. The summed E-state index contributed by atoms with van der Waals surface area (Å²) in [4.78, 5) is 65.5. The quantitative estimate of drug-likeness (QED) is 0.0342. The fourth-order valence-electron chi connectivity index (χ4n) is 7.10. The molecule has 2 atom stereocenters. The highest BCUT2D eigenvalue weighted by molar-refractivity contribution is 5.81. The van der Waals surface area contributed by atoms with Gasteiger partial charge in [0.1, 0.15) is 17.7 Å². The molecule has 64 heavy (non-hydrogen) atoms. The van der Waals surface area contributed by atoms with E-state index in [1.807, 2.05) is 0 Å². The summed E-state index contributed by atoms with van der Waals surface area (Å²) >= 11 is 0. The summed E-state index contributed by atoms with van der Waals surface area (Å²) in [5.41, 5.74) is 0. The summed E-state index contributed by atoms with van der Waals surface area (Å²) in [6.45, 7) is 12.3. The zero-order valence-corrected chi connectivity index (χ0v) is 42.3. The van der Waals surface area contributed by atoms with Crippen LogP contribution in [0.25, 0.3) is 0 Å². The van der Waals surface area contributed by atoms with Gasteiger partial charge >= 0.3 is 23.9 Å². The highest BCUT2D eigenvalue weighted by Gasteiger charge is 2.15. The molecule has 0 aliphatic heterocycles. The number of ether oxygens (including phenoxy) is 2. The Morgan fingerprint density at radius 1 is 0.422 bits per heavy atom. The third-order valence-corrected chi connectivity index (χ3v) is 11.4. The molecule has 2 N–H and O–H groups in total. The van der Waals surface area contributed by atoms with Gasteiger partial charge < -0.3 is 29.3 Å². The van der Waals surface area contributed by atoms with E-state index in [1.54, 1.807) is 0 Å². The second kappa shape index (κ2) is 52.6. The van der Waals surface area contributed by atoms with Crippen LogP contribution in [0.3, 0.4) is 0 Å². The number of unbranched alkanes of at least 4 members (excludes halogenated alkanes) is 22. The lowest BCUT2D eigenvalue weighted by Crippen LogP contribution is -2.19. The van der Waals surface area contributed by atoms with Crippen LogP contribution in [0.15, 0.2) is 12.2 Å². The largest absolute Gasteiger partial charge is 0.481 e. The normalized spacial score (nSPS) is 11.8. The molecule has 10 heteroatoms. The van der Waals surface area contributed by atoms with E-state index in [-0.39, 0.29) is 55.3 Å². The monoisotopic (exact) mass is 909 g/mol. The van der Waals surface area contributed by atoms with Crippen molar-refractivity contribution in [2.45, 2.75) is 285 Å². The van der Waals surface area contributed by atoms with Gasteiger partial charge in [0, 0.05) is 25.7 Å². The minimum atomic E-state index is -0.916. The minimum absolute atomic E-state index is 0.0288. The highest BCUT2D eigenvalue weighted by Crippen LogP contribution is 2.19. The first kappa shape index (κ1) is 65.2. The second-order valence-electron chi connectivity index (χ2n) is 18.0. The van der Waals surface area contributed by atoms with Crippen LogP contribution in [0.4, 0.5) is 0 Å². The summed E-state index contributed by atoms with van der Waals surface area (Å²) in [5, 5.41) is 16.5. The number of carboxylic acid groups (broad SMARTS) is 2. The van der Waals surface area contributed by atoms with Gasteiger partial charge in [-0.1, -0.05) is 168 Å². The van der Waals surface area contributed by atoms with E-state index >= 15 is 0 Å². The van der Waals surface area contributed by atoms with E-state index in [0.717, 1.165) is 77.0 Å². The molecule has 0 amide bonds. The van der Waals surface area contributed by atoms with Crippen molar-refractivity contribution in [3.05, 3.63) is 12.2 Å². The Morgan fingerprint density at radius 2 is 0.828 bits per heavy atom. The molecule has 0 bridgehead atoms. The standard InChI is InChI=1S/C31H58O5.C18H34O2.C5H8O3/c1-5-8-10-11-12-14-17-21-29(36-31(34)25-24-27(4)32)22-18-15-13-16-19-23-30(33)35-26-28(7-3)20-9-6-2;1-2-3-4-5-6-7-8-9-10-11-12-13-14-15-16-17-18(19)20;1-4(6)2-3-5(7)8/h28-29H,5-26H2,1-4H3;9-10H,2-8,11-17H2,1H3,(H,19,20);2-3H2,1H3,(H,7,8)/b;10-9-;. The molecule has 376 valence electrons. The number of Topliss-reactive ketones (excluding diaryl/α,β-unsaturated/α-hetero) is 2. The van der Waals surface area contributed by atoms with E-state index in [9.17, 15) is 28.8 Å². The minimum Gasteiger partial charge on any atom is -0.481 e. The number of hydrogen-bond acceptors (Lipinski definition) is 8. The third-order valence-electron chi connectivity index (χ3n) is 11.4. The van der Waals surface area contributed by atoms with E-state index in [0.29, 0.717) is 25.4 Å². The van der Waals surface area contributed by atoms with Crippen LogP contribution in [0, 0.1) is 5.92 Å². The first-order chi connectivity index (χ1) is 30.8. The molecule has 0 aromatic carbocycles. The van der Waals surface area contributed by atoms with E-state index in [4.69, 9.17) is 19.7 Å². The molecule has 2 unspecified atom stereocenters. The van der Waals surface area contributed by atoms with Crippen LogP contribution in [-0.2, 0) is 38.2 Å². The number of rotatable bonds is 44. The Balaban J connectivity index is -0.00000110. The van der Waals surface area contributed by atoms with Crippen molar-refractivity contribution in [3.8, 4) is 0 Å². The van der Waals surface area contributed by atoms with Gasteiger partial charge in [0.2, 0.25) is 0 Å². The van der Waals surface area contributed by atoms with Crippen molar-refractivity contribution in [1.29, 1.82) is 0 Å². The van der Waals surface area contributed by atoms with E-state index in [2.05, 4.69) is 39.8 Å². The molecule has 0 radical (unpaired) electrons. The van der Waals surface area contributed by atoms with Crippen molar-refractivity contribution in [3.63, 3.8) is 0 Å². The lowest BCUT2D eigenvalue weighted by Gasteiger charge is -2.18. The average Bonchev–Trinajstić information content (AvgIpc) is 3.25. The number of esters is 2. The lowest BCUT2D eigenvalue weighted by atomic mass is 10.0. The summed E-state index contributed by atoms with van der Waals surface area (Å²) < 4.78 is 11.2. The van der Waals surface area contributed by atoms with E-state index < -0.39 is 11.9 Å². The highest BCUT2D eigenvalue weighted by atomic mass is 16.5. The second-order valence-corrected chi connectivity index (χ2v) is 18.0. The Labute approximate surface area is 392 Å². The van der Waals surface area contributed by atoms with Crippen LogP contribution in [-0.4, -0.2) is 58.4 Å². The molecule has 0 saturated heterocycles. The molecular formula is C54H100O10. The predicted octanol–water partition coefficient (Wildman–Crippen LogP) is 15.4. The number of allylic oxidation sites excluding steroid dienone is 2. The predicted molar refractivity (Wildman–Crippen MR) is 264 cm³/mol. The van der Waals surface area contributed by atoms with Crippen LogP contribution in [0.1, 0.15) is 279 Å². The SMILES string of the molecule is CC(=O)CCC(=O)O.CCCCCCCC/C=C\CCCCCCCC(=O)O.CCCCCCCCCC(CCCCCCCC(=O)OCC(CC)CCCC)OC(=O)CCC(C)=O. The molecule has 0 spiro atoms. The van der Waals surface area contributed by atoms with Crippen LogP contribution >= 0.6 is 0 Å². The molecule has 0 aliphatic rings. The van der Waals surface area contributed by atoms with Gasteiger partial charge in [-0.2, -0.15) is 0 Å². The van der Waals surface area contributed by atoms with Crippen molar-refractivity contribution in [2.24, 2.45) is 5.92 Å². The lowest BCUT2D eigenvalue weighted by molar-refractivity contribution is -0.150. The summed E-state index contributed by atoms with van der Waals surface area (Å²) in [5.74, 6) is -1.43. The molecule has 0 saturated carbocycles. The summed E-state index contributed by atoms with van der Waals surface area (Å²) in [7, 11) is 0. The Kier molecular flexibility index (Phi) is 53.6. The van der Waals surface area contributed by atoms with Gasteiger partial charge in [-0.15, -0.1) is 0 Å². The third kappa shape index (κ3) is 59.0. The van der Waals surface area contributed by atoms with Crippen molar-refractivity contribution >= 4 is 35.4 Å². The molecule has 0 fully saturated rings. The van der Waals surface area contributed by atoms with Gasteiger partial charge in [0.05, 0.1) is 19.4 Å². The molecule has 0 aliphatic carbocycles. The smallest absolute Gasteiger partial charge is 0.306 e. The zero-order chi connectivity index (χ0) is 48.3. The van der Waals surface area contributed by atoms with Gasteiger partial charge in [0.15, 0.2) is 0 Å². The molecule has 0 aromatic rings. The zero-order valence-electron chi connectivity index (χ0n) is 42.3. The number of ketones is 2. The van der Waals surface area contributed by atoms with Crippen molar-refractivity contribution in [1.82, 2.24) is 0 Å². The fraction of sp³-hybridized carbons (Fsp3) is 0.852. The summed E-state index contributed by atoms with van der Waals surface area (Å²) in [6.07, 6.45) is 42.5. The maximum Gasteiger partial charge on any atom is 0.306 e. The van der Waals surface area contributed by atoms with Gasteiger partial charge in [-0.3, -0.25) is 19.2 Å². The summed E-state index contributed by atoms with van der Waals surface area (Å²) in [6, 6.07) is 0. The number of aliphatic carboxylic acids is 2. The van der Waals surface area contributed by atoms with Gasteiger partial charge in [-0.25, -0.2) is 0 Å². The Morgan fingerprint density at radius 3 is 1.25 bits per heavy atom. The first-order valence-corrected chi connectivity index (χ1v) is 26.2. The molecule has 0 heterocycles. The van der Waals surface area contributed by atoms with Crippen LogP contribution in [0.5, 0.6) is 0 Å². The van der Waals surface area contributed by atoms with Crippen molar-refractivity contribution in [2.75, 3.05) is 6.61 Å². The maximum absolute atomic E-state index is 12.2. The Bertz CT molecular complexity index is 1120. The first-order valence-electron chi connectivity index (χ1n) is 26.2. The molecule has 10 nitrogen and oxygen atoms in total. The van der Waals surface area contributed by atoms with E-state index in [1.165, 1.54) is 136 Å². The van der Waals surface area contributed by atoms with Gasteiger partial charge in [0.25, 0.3) is 0 Å². The Hall–Kier alpha value is -3.04. The van der Waals surface area contributed by atoms with Gasteiger partial charge in [-0.05, 0) is 90.4 Å².